The highest BCUT2D eigenvalue weighted by Gasteiger charge is 2.24. The lowest BCUT2D eigenvalue weighted by molar-refractivity contribution is 0.271. The van der Waals surface area contributed by atoms with Crippen LogP contribution in [0.1, 0.15) is 31.4 Å². The third-order valence-electron chi connectivity index (χ3n) is 7.35. The Morgan fingerprint density at radius 2 is 1.81 bits per heavy atom. The van der Waals surface area contributed by atoms with Crippen LogP contribution in [0.2, 0.25) is 0 Å². The predicted molar refractivity (Wildman–Crippen MR) is 143 cm³/mol. The van der Waals surface area contributed by atoms with Crippen molar-refractivity contribution in [1.82, 2.24) is 29.7 Å². The molecule has 0 radical (unpaired) electrons. The van der Waals surface area contributed by atoms with Crippen LogP contribution in [-0.2, 0) is 6.54 Å². The minimum Gasteiger partial charge on any atom is -0.494 e. The number of nitrogens with zero attached hydrogens (tertiary/aromatic N) is 7. The molecule has 0 bridgehead atoms. The Hall–Kier alpha value is -3.79. The van der Waals surface area contributed by atoms with Crippen molar-refractivity contribution in [3.63, 3.8) is 0 Å². The summed E-state index contributed by atoms with van der Waals surface area (Å²) in [5.41, 5.74) is 2.19. The van der Waals surface area contributed by atoms with E-state index in [0.717, 1.165) is 61.9 Å². The average molecular weight is 506 g/mol. The van der Waals surface area contributed by atoms with Gasteiger partial charge in [0.2, 0.25) is 0 Å². The second kappa shape index (κ2) is 11.1. The number of benzene rings is 2. The van der Waals surface area contributed by atoms with E-state index in [4.69, 9.17) is 9.47 Å². The van der Waals surface area contributed by atoms with Crippen LogP contribution in [0.3, 0.4) is 0 Å². The van der Waals surface area contributed by atoms with E-state index >= 15 is 0 Å². The quantitative estimate of drug-likeness (QED) is 0.350. The maximum atomic E-state index is 11.5. The minimum absolute atomic E-state index is 0.125. The molecule has 2 aromatic heterocycles. The van der Waals surface area contributed by atoms with Crippen molar-refractivity contribution in [2.45, 2.75) is 32.4 Å². The molecule has 0 spiro atoms. The molecule has 5 rings (SSSR count). The van der Waals surface area contributed by atoms with Crippen molar-refractivity contribution >= 4 is 16.5 Å². The molecule has 37 heavy (non-hydrogen) atoms. The summed E-state index contributed by atoms with van der Waals surface area (Å²) in [7, 11) is 3.27. The molecule has 0 aliphatic carbocycles. The number of likely N-dealkylation sites (N-methyl/N-ethyl adjacent to an activating group) is 1. The highest BCUT2D eigenvalue weighted by Crippen LogP contribution is 2.40. The van der Waals surface area contributed by atoms with Gasteiger partial charge in [-0.2, -0.15) is 4.80 Å². The molecule has 1 aliphatic rings. The summed E-state index contributed by atoms with van der Waals surface area (Å²) in [6, 6.07) is 12.0. The number of methoxy groups -OCH3 is 2. The van der Waals surface area contributed by atoms with Crippen LogP contribution in [0.25, 0.3) is 10.8 Å². The number of piperazine rings is 1. The molecule has 1 aliphatic heterocycles. The second-order valence-corrected chi connectivity index (χ2v) is 9.32. The average Bonchev–Trinajstić information content (AvgIpc) is 3.58. The Kier molecular flexibility index (Phi) is 7.45. The highest BCUT2D eigenvalue weighted by atomic mass is 16.5. The van der Waals surface area contributed by atoms with Gasteiger partial charge in [0.1, 0.15) is 0 Å². The van der Waals surface area contributed by atoms with E-state index < -0.39 is 0 Å². The van der Waals surface area contributed by atoms with Gasteiger partial charge in [-0.3, -0.25) is 0 Å². The number of hydrogen-bond donors (Lipinski definition) is 1. The normalized spacial score (nSPS) is 15.3. The number of hydrogen-bond acceptors (Lipinski definition) is 8. The topological polar surface area (TPSA) is 93.7 Å². The zero-order valence-electron chi connectivity index (χ0n) is 21.7. The van der Waals surface area contributed by atoms with Gasteiger partial charge in [0.15, 0.2) is 23.7 Å². The Balaban J connectivity index is 1.51. The Morgan fingerprint density at radius 3 is 2.51 bits per heavy atom. The number of anilines is 1. The van der Waals surface area contributed by atoms with Crippen LogP contribution in [0.15, 0.2) is 48.9 Å². The molecule has 10 heteroatoms. The van der Waals surface area contributed by atoms with E-state index in [1.165, 1.54) is 12.0 Å². The molecule has 3 heterocycles. The minimum atomic E-state index is -0.125. The van der Waals surface area contributed by atoms with Crippen LogP contribution in [-0.4, -0.2) is 81.7 Å². The number of aromatic nitrogens is 5. The summed E-state index contributed by atoms with van der Waals surface area (Å²) < 4.78 is 13.0. The number of fused-ring (bicyclic) bond motifs is 1. The lowest BCUT2D eigenvalue weighted by Crippen LogP contribution is -2.46. The number of tetrazole rings is 1. The number of rotatable bonds is 10. The van der Waals surface area contributed by atoms with Crippen molar-refractivity contribution in [2.75, 3.05) is 51.8 Å². The molecule has 1 N–H and O–H groups in total. The largest absolute Gasteiger partial charge is 0.494 e. The molecule has 0 saturated carbocycles. The molecule has 1 atom stereocenters. The fourth-order valence-corrected chi connectivity index (χ4v) is 5.28. The van der Waals surface area contributed by atoms with E-state index in [9.17, 15) is 5.11 Å². The fourth-order valence-electron chi connectivity index (χ4n) is 5.28. The van der Waals surface area contributed by atoms with Gasteiger partial charge in [-0.1, -0.05) is 19.1 Å². The second-order valence-electron chi connectivity index (χ2n) is 9.32. The van der Waals surface area contributed by atoms with Gasteiger partial charge in [-0.15, -0.1) is 10.2 Å². The molecule has 4 aromatic rings. The summed E-state index contributed by atoms with van der Waals surface area (Å²) in [5.74, 6) is 1.60. The van der Waals surface area contributed by atoms with Gasteiger partial charge in [0.25, 0.3) is 0 Å². The van der Waals surface area contributed by atoms with Gasteiger partial charge in [0, 0.05) is 48.8 Å². The van der Waals surface area contributed by atoms with Gasteiger partial charge >= 0.3 is 0 Å². The van der Waals surface area contributed by atoms with Gasteiger partial charge in [-0.25, -0.2) is 0 Å². The molecule has 1 saturated heterocycles. The third-order valence-corrected chi connectivity index (χ3v) is 7.35. The van der Waals surface area contributed by atoms with Crippen molar-refractivity contribution in [1.29, 1.82) is 0 Å². The zero-order chi connectivity index (χ0) is 25.8. The van der Waals surface area contributed by atoms with Crippen LogP contribution in [0.4, 0.5) is 5.69 Å². The summed E-state index contributed by atoms with van der Waals surface area (Å²) in [5, 5.41) is 25.3. The number of aromatic hydroxyl groups is 1. The molecular weight excluding hydrogens is 470 g/mol. The van der Waals surface area contributed by atoms with Crippen molar-refractivity contribution < 1.29 is 14.6 Å². The standard InChI is InChI=1S/C27H35N7O3/c1-4-31-13-15-32(16-14-31)24-8-5-7-21-22(24)18-33(27(21)35)23(9-6-12-34-29-19-28-30-34)20-10-11-25(36-2)26(17-20)37-3/h5,7-8,10-11,17-19,23,35H,4,6,9,12-16H2,1-3H3/t23-/m1/s1. The summed E-state index contributed by atoms with van der Waals surface area (Å²) in [4.78, 5) is 6.49. The van der Waals surface area contributed by atoms with Crippen LogP contribution in [0, 0.1) is 0 Å². The molecule has 2 aromatic carbocycles. The van der Waals surface area contributed by atoms with Crippen molar-refractivity contribution in [3.8, 4) is 17.4 Å². The van der Waals surface area contributed by atoms with E-state index in [0.29, 0.717) is 18.0 Å². The Bertz CT molecular complexity index is 1310. The first kappa shape index (κ1) is 24.9. The van der Waals surface area contributed by atoms with E-state index in [2.05, 4.69) is 44.4 Å². The molecule has 1 fully saturated rings. The van der Waals surface area contributed by atoms with Gasteiger partial charge < -0.3 is 28.9 Å². The lowest BCUT2D eigenvalue weighted by atomic mass is 10.0. The van der Waals surface area contributed by atoms with E-state index in [1.807, 2.05) is 34.9 Å². The SMILES string of the molecule is CCN1CCN(c2cccc3c(O)n([C@H](CCCn4ncnn4)c4ccc(OC)c(OC)c4)cc23)CC1. The monoisotopic (exact) mass is 505 g/mol. The molecule has 0 amide bonds. The molecule has 196 valence electrons. The van der Waals surface area contributed by atoms with Crippen molar-refractivity contribution in [2.24, 2.45) is 0 Å². The maximum absolute atomic E-state index is 11.5. The van der Waals surface area contributed by atoms with Crippen LogP contribution >= 0.6 is 0 Å². The first-order valence-electron chi connectivity index (χ1n) is 12.9. The van der Waals surface area contributed by atoms with Gasteiger partial charge in [-0.05, 0) is 54.4 Å². The van der Waals surface area contributed by atoms with E-state index in [-0.39, 0.29) is 11.9 Å². The fraction of sp³-hybridized carbons (Fsp3) is 0.444. The predicted octanol–water partition coefficient (Wildman–Crippen LogP) is 3.56. The van der Waals surface area contributed by atoms with Crippen LogP contribution in [0.5, 0.6) is 17.4 Å². The number of aryl methyl sites for hydroxylation is 1. The Labute approximate surface area is 217 Å². The number of ether oxygens (including phenoxy) is 2. The third kappa shape index (κ3) is 5.06. The first-order valence-corrected chi connectivity index (χ1v) is 12.9. The van der Waals surface area contributed by atoms with E-state index in [1.54, 1.807) is 19.0 Å². The highest BCUT2D eigenvalue weighted by molar-refractivity contribution is 5.98. The van der Waals surface area contributed by atoms with Crippen LogP contribution < -0.4 is 14.4 Å². The molecule has 0 unspecified atom stereocenters. The maximum Gasteiger partial charge on any atom is 0.199 e. The first-order chi connectivity index (χ1) is 18.1. The lowest BCUT2D eigenvalue weighted by Gasteiger charge is -2.35. The summed E-state index contributed by atoms with van der Waals surface area (Å²) in [6.45, 7) is 7.96. The molecular formula is C27H35N7O3. The smallest absolute Gasteiger partial charge is 0.199 e. The Morgan fingerprint density at radius 1 is 1.00 bits per heavy atom. The molecule has 10 nitrogen and oxygen atoms in total. The van der Waals surface area contributed by atoms with Gasteiger partial charge in [0.05, 0.1) is 26.8 Å². The van der Waals surface area contributed by atoms with Crippen molar-refractivity contribution in [3.05, 3.63) is 54.5 Å². The summed E-state index contributed by atoms with van der Waals surface area (Å²) >= 11 is 0. The summed E-state index contributed by atoms with van der Waals surface area (Å²) in [6.07, 6.45) is 5.10. The zero-order valence-corrected chi connectivity index (χ0v) is 21.7.